The monoisotopic (exact) mass is 487 g/mol. The van der Waals surface area contributed by atoms with Gasteiger partial charge < -0.3 is 52.0 Å². The predicted octanol–water partition coefficient (Wildman–Crippen LogP) is -3.31. The van der Waals surface area contributed by atoms with Gasteiger partial charge in [-0.2, -0.15) is 0 Å². The molecule has 1 heterocycles. The van der Waals surface area contributed by atoms with Crippen LogP contribution in [0.1, 0.15) is 33.6 Å². The Bertz CT molecular complexity index is 838. The van der Waals surface area contributed by atoms with Crippen molar-refractivity contribution in [3.63, 3.8) is 0 Å². The Morgan fingerprint density at radius 3 is 2.35 bits per heavy atom. The van der Waals surface area contributed by atoms with Crippen LogP contribution in [0.4, 0.5) is 0 Å². The summed E-state index contributed by atoms with van der Waals surface area (Å²) in [5, 5.41) is 32.2. The summed E-state index contributed by atoms with van der Waals surface area (Å²) >= 11 is 0. The molecule has 192 valence electrons. The van der Waals surface area contributed by atoms with Gasteiger partial charge in [0.2, 0.25) is 11.7 Å². The van der Waals surface area contributed by atoms with Crippen molar-refractivity contribution in [3.05, 3.63) is 11.8 Å². The second-order valence-corrected chi connectivity index (χ2v) is 8.62. The molecule has 0 spiro atoms. The minimum atomic E-state index is -1.76. The van der Waals surface area contributed by atoms with Crippen molar-refractivity contribution in [2.24, 2.45) is 28.1 Å². The number of ether oxygens (including phenoxy) is 3. The molecule has 2 rings (SSSR count). The SMILES string of the molecule is CC(=O)NC1C(N=C(N)N)C=C(C(=O)OC2(OC(=O)C(N)C(C)C)CC2)OC1C(O)C(O)CO. The Kier molecular flexibility index (Phi) is 8.83. The molecule has 6 atom stereocenters. The Morgan fingerprint density at radius 1 is 1.26 bits per heavy atom. The first-order valence-electron chi connectivity index (χ1n) is 10.7. The number of nitrogens with zero attached hydrogens (tertiary/aromatic N) is 1. The maximum Gasteiger partial charge on any atom is 0.376 e. The molecule has 1 aliphatic heterocycles. The van der Waals surface area contributed by atoms with Gasteiger partial charge in [0.1, 0.15) is 24.4 Å². The smallest absolute Gasteiger partial charge is 0.376 e. The summed E-state index contributed by atoms with van der Waals surface area (Å²) < 4.78 is 16.2. The molecule has 0 aromatic rings. The van der Waals surface area contributed by atoms with Gasteiger partial charge in [0.25, 0.3) is 5.79 Å². The summed E-state index contributed by atoms with van der Waals surface area (Å²) in [7, 11) is 0. The lowest BCUT2D eigenvalue weighted by molar-refractivity contribution is -0.199. The van der Waals surface area contributed by atoms with Gasteiger partial charge in [-0.05, 0) is 12.0 Å². The highest BCUT2D eigenvalue weighted by molar-refractivity contribution is 5.88. The van der Waals surface area contributed by atoms with Crippen LogP contribution < -0.4 is 22.5 Å². The number of carbonyl (C=O) groups excluding carboxylic acids is 3. The van der Waals surface area contributed by atoms with Crippen molar-refractivity contribution in [1.82, 2.24) is 5.32 Å². The normalized spacial score (nSPS) is 25.6. The van der Waals surface area contributed by atoms with Gasteiger partial charge in [-0.3, -0.25) is 9.59 Å². The van der Waals surface area contributed by atoms with E-state index in [1.54, 1.807) is 13.8 Å². The third-order valence-corrected chi connectivity index (χ3v) is 5.31. The average Bonchev–Trinajstić information content (AvgIpc) is 3.50. The fraction of sp³-hybridized carbons (Fsp3) is 0.700. The van der Waals surface area contributed by atoms with Crippen LogP contribution in [-0.2, 0) is 28.6 Å². The quantitative estimate of drug-likeness (QED) is 0.0693. The summed E-state index contributed by atoms with van der Waals surface area (Å²) in [4.78, 5) is 40.8. The second-order valence-electron chi connectivity index (χ2n) is 8.62. The molecular weight excluding hydrogens is 454 g/mol. The van der Waals surface area contributed by atoms with Crippen molar-refractivity contribution >= 4 is 23.8 Å². The van der Waals surface area contributed by atoms with E-state index in [1.807, 2.05) is 0 Å². The highest BCUT2D eigenvalue weighted by Gasteiger charge is 2.53. The van der Waals surface area contributed by atoms with E-state index in [-0.39, 0.29) is 18.8 Å². The lowest BCUT2D eigenvalue weighted by Gasteiger charge is -2.39. The largest absolute Gasteiger partial charge is 0.478 e. The van der Waals surface area contributed by atoms with Crippen LogP contribution in [0.5, 0.6) is 0 Å². The summed E-state index contributed by atoms with van der Waals surface area (Å²) in [5.74, 6) is -4.89. The number of amides is 1. The number of carbonyl (C=O) groups is 3. The zero-order chi connectivity index (χ0) is 25.8. The van der Waals surface area contributed by atoms with Gasteiger partial charge >= 0.3 is 11.9 Å². The topological polar surface area (TPSA) is 242 Å². The maximum atomic E-state index is 12.9. The summed E-state index contributed by atoms with van der Waals surface area (Å²) in [6.07, 6.45) is -3.25. The molecule has 10 N–H and O–H groups in total. The molecule has 14 heteroatoms. The average molecular weight is 488 g/mol. The van der Waals surface area contributed by atoms with Gasteiger partial charge in [-0.25, -0.2) is 9.79 Å². The van der Waals surface area contributed by atoms with Crippen molar-refractivity contribution < 1.29 is 43.9 Å². The van der Waals surface area contributed by atoms with Crippen LogP contribution in [0.3, 0.4) is 0 Å². The van der Waals surface area contributed by atoms with Gasteiger partial charge in [-0.1, -0.05) is 13.8 Å². The highest BCUT2D eigenvalue weighted by atomic mass is 16.7. The van der Waals surface area contributed by atoms with Crippen LogP contribution in [0.2, 0.25) is 0 Å². The Hall–Kier alpha value is -2.94. The van der Waals surface area contributed by atoms with Crippen LogP contribution in [0, 0.1) is 5.92 Å². The van der Waals surface area contributed by atoms with E-state index in [1.165, 1.54) is 6.92 Å². The molecule has 1 saturated carbocycles. The molecule has 1 fully saturated rings. The van der Waals surface area contributed by atoms with Crippen LogP contribution >= 0.6 is 0 Å². The number of aliphatic hydroxyl groups is 3. The molecule has 14 nitrogen and oxygen atoms in total. The first kappa shape index (κ1) is 27.3. The van der Waals surface area contributed by atoms with Gasteiger partial charge in [0.05, 0.1) is 18.7 Å². The number of hydrogen-bond acceptors (Lipinski definition) is 11. The molecule has 0 bridgehead atoms. The zero-order valence-corrected chi connectivity index (χ0v) is 19.2. The molecule has 1 aliphatic carbocycles. The van der Waals surface area contributed by atoms with Gasteiger partial charge in [0.15, 0.2) is 5.96 Å². The Balaban J connectivity index is 2.31. The lowest BCUT2D eigenvalue weighted by atomic mass is 9.92. The molecule has 6 unspecified atom stereocenters. The zero-order valence-electron chi connectivity index (χ0n) is 19.2. The minimum Gasteiger partial charge on any atom is -0.478 e. The van der Waals surface area contributed by atoms with Crippen LogP contribution in [0.15, 0.2) is 16.8 Å². The fourth-order valence-corrected chi connectivity index (χ4v) is 3.20. The lowest BCUT2D eigenvalue weighted by Crippen LogP contribution is -2.60. The van der Waals surface area contributed by atoms with Crippen LogP contribution in [0.25, 0.3) is 0 Å². The predicted molar refractivity (Wildman–Crippen MR) is 116 cm³/mol. The number of rotatable bonds is 10. The Labute approximate surface area is 196 Å². The van der Waals surface area contributed by atoms with Gasteiger partial charge in [-0.15, -0.1) is 0 Å². The first-order valence-corrected chi connectivity index (χ1v) is 10.7. The number of guanidine groups is 1. The third kappa shape index (κ3) is 6.79. The number of nitrogens with one attached hydrogen (secondary N) is 1. The van der Waals surface area contributed by atoms with Crippen LogP contribution in [-0.4, -0.2) is 88.0 Å². The fourth-order valence-electron chi connectivity index (χ4n) is 3.20. The number of hydrogen-bond donors (Lipinski definition) is 7. The van der Waals surface area contributed by atoms with Gasteiger partial charge in [0, 0.05) is 19.8 Å². The van der Waals surface area contributed by atoms with E-state index in [0.29, 0.717) is 0 Å². The number of aliphatic hydroxyl groups excluding tert-OH is 3. The maximum absolute atomic E-state index is 12.9. The molecule has 0 radical (unpaired) electrons. The van der Waals surface area contributed by atoms with Crippen molar-refractivity contribution in [3.8, 4) is 0 Å². The first-order chi connectivity index (χ1) is 15.8. The summed E-state index contributed by atoms with van der Waals surface area (Å²) in [6, 6.07) is -3.14. The molecule has 1 amide bonds. The third-order valence-electron chi connectivity index (χ3n) is 5.31. The standard InChI is InChI=1S/C20H33N5O9/c1-8(2)13(21)18(31)34-20(4-5-20)33-17(30)12-6-10(25-19(22)23)14(24-9(3)27)16(32-12)15(29)11(28)7-26/h6,8,10-11,13-16,26,28-29H,4-5,7,21H2,1-3H3,(H,24,27)(H4,22,23,25). The van der Waals surface area contributed by atoms with Crippen molar-refractivity contribution in [2.75, 3.05) is 6.61 Å². The van der Waals surface area contributed by atoms with E-state index in [4.69, 9.17) is 31.4 Å². The number of aliphatic imine (C=N–C) groups is 1. The van der Waals surface area contributed by atoms with E-state index < -0.39 is 78.4 Å². The molecular formula is C20H33N5O9. The van der Waals surface area contributed by atoms with E-state index >= 15 is 0 Å². The van der Waals surface area contributed by atoms with E-state index in [0.717, 1.165) is 6.08 Å². The molecule has 2 aliphatic rings. The van der Waals surface area contributed by atoms with E-state index in [9.17, 15) is 29.7 Å². The van der Waals surface area contributed by atoms with Crippen molar-refractivity contribution in [2.45, 2.75) is 75.8 Å². The minimum absolute atomic E-state index is 0.199. The number of esters is 2. The number of nitrogens with two attached hydrogens (primary N) is 3. The molecule has 0 saturated heterocycles. The molecule has 34 heavy (non-hydrogen) atoms. The summed E-state index contributed by atoms with van der Waals surface area (Å²) in [6.45, 7) is 3.83. The highest BCUT2D eigenvalue weighted by Crippen LogP contribution is 2.42. The molecule has 0 aromatic carbocycles. The second kappa shape index (κ2) is 11.0. The summed E-state index contributed by atoms with van der Waals surface area (Å²) in [5.41, 5.74) is 16.7. The van der Waals surface area contributed by atoms with Crippen molar-refractivity contribution in [1.29, 1.82) is 0 Å². The van der Waals surface area contributed by atoms with E-state index in [2.05, 4.69) is 10.3 Å². The Morgan fingerprint density at radius 2 is 1.88 bits per heavy atom. The molecule has 0 aromatic heterocycles.